The van der Waals surface area contributed by atoms with Crippen LogP contribution in [0.4, 0.5) is 13.2 Å². The Balaban J connectivity index is 2.49. The van der Waals surface area contributed by atoms with E-state index in [1.807, 2.05) is 0 Å². The highest BCUT2D eigenvalue weighted by atomic mass is 19.1. The first-order valence-electron chi connectivity index (χ1n) is 5.57. The number of ether oxygens (including phenoxy) is 1. The van der Waals surface area contributed by atoms with Crippen LogP contribution in [-0.2, 0) is 0 Å². The van der Waals surface area contributed by atoms with Crippen molar-refractivity contribution in [3.05, 3.63) is 65.0 Å². The molecule has 1 unspecified atom stereocenters. The number of rotatable bonds is 3. The lowest BCUT2D eigenvalue weighted by Crippen LogP contribution is -2.15. The fourth-order valence-corrected chi connectivity index (χ4v) is 1.87. The molecule has 0 saturated heterocycles. The van der Waals surface area contributed by atoms with E-state index in [1.165, 1.54) is 31.4 Å². The summed E-state index contributed by atoms with van der Waals surface area (Å²) < 4.78 is 44.8. The fraction of sp³-hybridized carbons (Fsp3) is 0.143. The number of benzene rings is 2. The fourth-order valence-electron chi connectivity index (χ4n) is 1.87. The first kappa shape index (κ1) is 13.4. The summed E-state index contributed by atoms with van der Waals surface area (Å²) in [6, 6.07) is 5.94. The molecule has 0 aromatic heterocycles. The maximum atomic E-state index is 13.7. The Labute approximate surface area is 108 Å². The highest BCUT2D eigenvalue weighted by Crippen LogP contribution is 2.30. The van der Waals surface area contributed by atoms with Gasteiger partial charge in [-0.2, -0.15) is 0 Å². The standard InChI is InChI=1S/C14H12F3NO/c1-19-13-5-3-8(15)6-11(13)14(18)10-4-2-9(16)7-12(10)17/h2-7,14H,18H2,1H3. The predicted octanol–water partition coefficient (Wildman–Crippen LogP) is 3.16. The maximum absolute atomic E-state index is 13.7. The van der Waals surface area contributed by atoms with Gasteiger partial charge in [-0.05, 0) is 24.3 Å². The van der Waals surface area contributed by atoms with E-state index in [9.17, 15) is 13.2 Å². The SMILES string of the molecule is COc1ccc(F)cc1C(N)c1ccc(F)cc1F. The molecule has 1 atom stereocenters. The minimum Gasteiger partial charge on any atom is -0.496 e. The van der Waals surface area contributed by atoms with Crippen molar-refractivity contribution in [1.29, 1.82) is 0 Å². The van der Waals surface area contributed by atoms with Gasteiger partial charge in [-0.1, -0.05) is 6.07 Å². The van der Waals surface area contributed by atoms with Crippen LogP contribution in [0.2, 0.25) is 0 Å². The van der Waals surface area contributed by atoms with Crippen LogP contribution in [0, 0.1) is 17.5 Å². The molecule has 2 rings (SSSR count). The van der Waals surface area contributed by atoms with E-state index < -0.39 is 23.5 Å². The monoisotopic (exact) mass is 267 g/mol. The molecule has 0 heterocycles. The zero-order valence-electron chi connectivity index (χ0n) is 10.2. The normalized spacial score (nSPS) is 12.3. The highest BCUT2D eigenvalue weighted by molar-refractivity contribution is 5.42. The van der Waals surface area contributed by atoms with Crippen molar-refractivity contribution in [3.8, 4) is 5.75 Å². The van der Waals surface area contributed by atoms with Crippen LogP contribution in [0.3, 0.4) is 0 Å². The van der Waals surface area contributed by atoms with Crippen LogP contribution in [0.15, 0.2) is 36.4 Å². The molecular formula is C14H12F3NO. The van der Waals surface area contributed by atoms with Gasteiger partial charge in [-0.15, -0.1) is 0 Å². The summed E-state index contributed by atoms with van der Waals surface area (Å²) in [6.45, 7) is 0. The molecule has 5 heteroatoms. The van der Waals surface area contributed by atoms with E-state index >= 15 is 0 Å². The van der Waals surface area contributed by atoms with Crippen molar-refractivity contribution in [1.82, 2.24) is 0 Å². The summed E-state index contributed by atoms with van der Waals surface area (Å²) in [4.78, 5) is 0. The molecule has 0 bridgehead atoms. The number of hydrogen-bond acceptors (Lipinski definition) is 2. The van der Waals surface area contributed by atoms with Crippen molar-refractivity contribution in [2.75, 3.05) is 7.11 Å². The number of methoxy groups -OCH3 is 1. The second kappa shape index (κ2) is 5.32. The van der Waals surface area contributed by atoms with Gasteiger partial charge in [-0.3, -0.25) is 0 Å². The molecule has 100 valence electrons. The van der Waals surface area contributed by atoms with Crippen molar-refractivity contribution < 1.29 is 17.9 Å². The molecule has 2 N–H and O–H groups in total. The number of halogens is 3. The zero-order chi connectivity index (χ0) is 14.0. The number of nitrogens with two attached hydrogens (primary N) is 1. The Kier molecular flexibility index (Phi) is 3.76. The molecule has 0 aliphatic carbocycles. The quantitative estimate of drug-likeness (QED) is 0.927. The van der Waals surface area contributed by atoms with Crippen LogP contribution < -0.4 is 10.5 Å². The van der Waals surface area contributed by atoms with E-state index in [4.69, 9.17) is 10.5 Å². The third kappa shape index (κ3) is 2.71. The van der Waals surface area contributed by atoms with Crippen molar-refractivity contribution in [2.24, 2.45) is 5.73 Å². The molecule has 0 aliphatic rings. The lowest BCUT2D eigenvalue weighted by atomic mass is 9.98. The van der Waals surface area contributed by atoms with Gasteiger partial charge in [0.05, 0.1) is 13.2 Å². The van der Waals surface area contributed by atoms with Crippen molar-refractivity contribution in [2.45, 2.75) is 6.04 Å². The summed E-state index contributed by atoms with van der Waals surface area (Å²) in [5.74, 6) is -1.63. The molecule has 2 nitrogen and oxygen atoms in total. The second-order valence-electron chi connectivity index (χ2n) is 4.03. The van der Waals surface area contributed by atoms with Gasteiger partial charge in [0.2, 0.25) is 0 Å². The molecule has 0 amide bonds. The second-order valence-corrected chi connectivity index (χ2v) is 4.03. The Morgan fingerprint density at radius 1 is 0.947 bits per heavy atom. The third-order valence-electron chi connectivity index (χ3n) is 2.82. The van der Waals surface area contributed by atoms with Crippen molar-refractivity contribution in [3.63, 3.8) is 0 Å². The van der Waals surface area contributed by atoms with Gasteiger partial charge < -0.3 is 10.5 Å². The van der Waals surface area contributed by atoms with E-state index in [0.717, 1.165) is 12.1 Å². The topological polar surface area (TPSA) is 35.2 Å². The zero-order valence-corrected chi connectivity index (χ0v) is 10.2. The smallest absolute Gasteiger partial charge is 0.131 e. The van der Waals surface area contributed by atoms with Gasteiger partial charge in [-0.25, -0.2) is 13.2 Å². The lowest BCUT2D eigenvalue weighted by Gasteiger charge is -2.16. The predicted molar refractivity (Wildman–Crippen MR) is 65.3 cm³/mol. The summed E-state index contributed by atoms with van der Waals surface area (Å²) in [5, 5.41) is 0. The minimum absolute atomic E-state index is 0.0744. The van der Waals surface area contributed by atoms with Gasteiger partial charge in [0.1, 0.15) is 23.2 Å². The lowest BCUT2D eigenvalue weighted by molar-refractivity contribution is 0.406. The summed E-state index contributed by atoms with van der Waals surface area (Å²) >= 11 is 0. The Morgan fingerprint density at radius 3 is 2.21 bits per heavy atom. The summed E-state index contributed by atoms with van der Waals surface area (Å²) in [7, 11) is 1.41. The van der Waals surface area contributed by atoms with Crippen LogP contribution in [0.25, 0.3) is 0 Å². The molecule has 0 fully saturated rings. The third-order valence-corrected chi connectivity index (χ3v) is 2.82. The van der Waals surface area contributed by atoms with Gasteiger partial charge in [0.25, 0.3) is 0 Å². The largest absolute Gasteiger partial charge is 0.496 e. The highest BCUT2D eigenvalue weighted by Gasteiger charge is 2.18. The molecule has 19 heavy (non-hydrogen) atoms. The average Bonchev–Trinajstić information content (AvgIpc) is 2.38. The van der Waals surface area contributed by atoms with Crippen molar-refractivity contribution >= 4 is 0 Å². The Hall–Kier alpha value is -2.01. The molecule has 0 saturated carbocycles. The first-order chi connectivity index (χ1) is 9.02. The van der Waals surface area contributed by atoms with E-state index in [2.05, 4.69) is 0 Å². The van der Waals surface area contributed by atoms with Gasteiger partial charge in [0, 0.05) is 17.2 Å². The Morgan fingerprint density at radius 2 is 1.58 bits per heavy atom. The molecule has 2 aromatic carbocycles. The summed E-state index contributed by atoms with van der Waals surface area (Å²) in [5.41, 5.74) is 6.28. The van der Waals surface area contributed by atoms with Crippen LogP contribution in [-0.4, -0.2) is 7.11 Å². The van der Waals surface area contributed by atoms with Crippen LogP contribution >= 0.6 is 0 Å². The van der Waals surface area contributed by atoms with Crippen LogP contribution in [0.1, 0.15) is 17.2 Å². The van der Waals surface area contributed by atoms with Crippen LogP contribution in [0.5, 0.6) is 5.75 Å². The molecule has 2 aromatic rings. The van der Waals surface area contributed by atoms with Gasteiger partial charge in [0.15, 0.2) is 0 Å². The van der Waals surface area contributed by atoms with E-state index in [-0.39, 0.29) is 5.56 Å². The van der Waals surface area contributed by atoms with Gasteiger partial charge >= 0.3 is 0 Å². The summed E-state index contributed by atoms with van der Waals surface area (Å²) in [6.07, 6.45) is 0. The minimum atomic E-state index is -0.939. The van der Waals surface area contributed by atoms with E-state index in [0.29, 0.717) is 11.3 Å². The molecule has 0 aliphatic heterocycles. The number of hydrogen-bond donors (Lipinski definition) is 1. The molecule has 0 spiro atoms. The average molecular weight is 267 g/mol. The maximum Gasteiger partial charge on any atom is 0.131 e. The first-order valence-corrected chi connectivity index (χ1v) is 5.57. The molecular weight excluding hydrogens is 255 g/mol. The molecule has 0 radical (unpaired) electrons. The Bertz CT molecular complexity index is 601. The van der Waals surface area contributed by atoms with E-state index in [1.54, 1.807) is 0 Å².